The van der Waals surface area contributed by atoms with Crippen LogP contribution in [0.4, 0.5) is 0 Å². The maximum atomic E-state index is 12.4. The van der Waals surface area contributed by atoms with E-state index in [2.05, 4.69) is 12.8 Å². The zero-order valence-electron chi connectivity index (χ0n) is 16.7. The van der Waals surface area contributed by atoms with Crippen LogP contribution in [0.15, 0.2) is 42.1 Å². The molecule has 146 valence electrons. The molecule has 0 heterocycles. The Bertz CT molecular complexity index is 710. The topological polar surface area (TPSA) is 78.6 Å². The highest BCUT2D eigenvalue weighted by Gasteiger charge is 2.31. The summed E-state index contributed by atoms with van der Waals surface area (Å²) in [6.45, 7) is 5.75. The Balaban J connectivity index is 0.00000326. The van der Waals surface area contributed by atoms with Gasteiger partial charge >= 0.3 is 5.97 Å². The molecular formula is C22H29NO4. The van der Waals surface area contributed by atoms with Crippen LogP contribution >= 0.6 is 0 Å². The predicted octanol–water partition coefficient (Wildman–Crippen LogP) is 3.60. The first-order valence-corrected chi connectivity index (χ1v) is 8.38. The summed E-state index contributed by atoms with van der Waals surface area (Å²) in [4.78, 5) is 24.1. The van der Waals surface area contributed by atoms with Crippen LogP contribution in [0.5, 0.6) is 0 Å². The number of ketones is 1. The molecule has 0 aliphatic rings. The number of hydrogen-bond donors (Lipinski definition) is 1. The quantitative estimate of drug-likeness (QED) is 0.327. The van der Waals surface area contributed by atoms with Gasteiger partial charge in [0.1, 0.15) is 0 Å². The third-order valence-electron chi connectivity index (χ3n) is 3.86. The third-order valence-corrected chi connectivity index (χ3v) is 3.86. The molecule has 0 fully saturated rings. The number of carbonyl (C=O) groups is 2. The largest absolute Gasteiger partial charge is 0.469 e. The van der Waals surface area contributed by atoms with Gasteiger partial charge in [-0.1, -0.05) is 30.3 Å². The van der Waals surface area contributed by atoms with Crippen molar-refractivity contribution >= 4 is 17.3 Å². The summed E-state index contributed by atoms with van der Waals surface area (Å²) in [6, 6.07) is 7.30. The van der Waals surface area contributed by atoms with Crippen LogP contribution in [0.25, 0.3) is 5.57 Å². The number of terminal acetylenes is 1. The third kappa shape index (κ3) is 7.93. The van der Waals surface area contributed by atoms with E-state index in [0.29, 0.717) is 17.9 Å². The molecule has 0 unspecified atom stereocenters. The maximum Gasteiger partial charge on any atom is 0.311 e. The molecule has 5 nitrogen and oxygen atoms in total. The SMILES string of the molecule is C#C.COC/C(N)=C\C=C(/C)c1ccc(C(=O)CC(C)(C)C(=O)OC)cc1. The lowest BCUT2D eigenvalue weighted by Crippen LogP contribution is -2.28. The van der Waals surface area contributed by atoms with Gasteiger partial charge in [0, 0.05) is 24.8 Å². The van der Waals surface area contributed by atoms with E-state index in [1.54, 1.807) is 39.2 Å². The number of allylic oxidation sites excluding steroid dienone is 3. The summed E-state index contributed by atoms with van der Waals surface area (Å²) in [5.74, 6) is -0.482. The monoisotopic (exact) mass is 371 g/mol. The van der Waals surface area contributed by atoms with Crippen LogP contribution in [0, 0.1) is 18.3 Å². The molecule has 0 spiro atoms. The second kappa shape index (κ2) is 11.7. The van der Waals surface area contributed by atoms with E-state index in [-0.39, 0.29) is 12.2 Å². The smallest absolute Gasteiger partial charge is 0.311 e. The van der Waals surface area contributed by atoms with E-state index in [1.165, 1.54) is 7.11 Å². The molecule has 0 amide bonds. The zero-order chi connectivity index (χ0) is 21.0. The van der Waals surface area contributed by atoms with Crippen LogP contribution in [-0.4, -0.2) is 32.6 Å². The Morgan fingerprint density at radius 3 is 2.07 bits per heavy atom. The molecule has 0 bridgehead atoms. The fourth-order valence-electron chi connectivity index (χ4n) is 2.31. The summed E-state index contributed by atoms with van der Waals surface area (Å²) in [5, 5.41) is 0. The first-order valence-electron chi connectivity index (χ1n) is 8.38. The van der Waals surface area contributed by atoms with Crippen LogP contribution in [0.2, 0.25) is 0 Å². The average molecular weight is 371 g/mol. The van der Waals surface area contributed by atoms with E-state index >= 15 is 0 Å². The molecule has 0 atom stereocenters. The first-order chi connectivity index (χ1) is 12.7. The molecule has 27 heavy (non-hydrogen) atoms. The number of benzene rings is 1. The van der Waals surface area contributed by atoms with Gasteiger partial charge in [-0.2, -0.15) is 0 Å². The molecule has 2 N–H and O–H groups in total. The number of rotatable bonds is 8. The van der Waals surface area contributed by atoms with Crippen molar-refractivity contribution in [3.8, 4) is 12.8 Å². The van der Waals surface area contributed by atoms with Crippen molar-refractivity contribution < 1.29 is 19.1 Å². The summed E-state index contributed by atoms with van der Waals surface area (Å²) in [7, 11) is 2.92. The van der Waals surface area contributed by atoms with E-state index in [1.807, 2.05) is 25.1 Å². The fraction of sp³-hybridized carbons (Fsp3) is 0.364. The van der Waals surface area contributed by atoms with Gasteiger partial charge in [0.25, 0.3) is 0 Å². The van der Waals surface area contributed by atoms with Gasteiger partial charge in [-0.15, -0.1) is 12.8 Å². The molecule has 5 heteroatoms. The number of methoxy groups -OCH3 is 2. The van der Waals surface area contributed by atoms with Crippen molar-refractivity contribution in [3.63, 3.8) is 0 Å². The van der Waals surface area contributed by atoms with E-state index in [4.69, 9.17) is 15.2 Å². The lowest BCUT2D eigenvalue weighted by molar-refractivity contribution is -0.150. The number of ether oxygens (including phenoxy) is 2. The van der Waals surface area contributed by atoms with E-state index < -0.39 is 11.4 Å². The molecule has 0 saturated carbocycles. The highest BCUT2D eigenvalue weighted by molar-refractivity contribution is 5.99. The summed E-state index contributed by atoms with van der Waals surface area (Å²) < 4.78 is 9.70. The van der Waals surface area contributed by atoms with Gasteiger partial charge < -0.3 is 15.2 Å². The molecule has 1 aromatic rings. The van der Waals surface area contributed by atoms with Gasteiger partial charge in [0.15, 0.2) is 5.78 Å². The lowest BCUT2D eigenvalue weighted by atomic mass is 9.85. The van der Waals surface area contributed by atoms with Crippen LogP contribution < -0.4 is 5.73 Å². The standard InChI is InChI=1S/C20H27NO4.C2H2/c1-14(6-11-17(21)13-24-4)15-7-9-16(10-8-15)18(22)12-20(2,3)19(23)25-5;1-2/h6-11H,12-13,21H2,1-5H3;1-2H/b14-6+,17-11+;. The number of Topliss-reactive ketones (excluding diaryl/α,β-unsaturated/α-hetero) is 1. The molecule has 0 aliphatic heterocycles. The second-order valence-electron chi connectivity index (χ2n) is 6.58. The van der Waals surface area contributed by atoms with Gasteiger partial charge in [-0.25, -0.2) is 0 Å². The van der Waals surface area contributed by atoms with Gasteiger partial charge in [0.05, 0.1) is 19.1 Å². The normalized spacial score (nSPS) is 12.0. The van der Waals surface area contributed by atoms with E-state index in [0.717, 1.165) is 11.1 Å². The Morgan fingerprint density at radius 1 is 1.07 bits per heavy atom. The second-order valence-corrected chi connectivity index (χ2v) is 6.58. The number of esters is 1. The highest BCUT2D eigenvalue weighted by atomic mass is 16.5. The van der Waals surface area contributed by atoms with Crippen LogP contribution in [0.3, 0.4) is 0 Å². The first kappa shape index (κ1) is 24.2. The van der Waals surface area contributed by atoms with Crippen LogP contribution in [-0.2, 0) is 14.3 Å². The Hall–Kier alpha value is -2.84. The Labute approximate surface area is 162 Å². The van der Waals surface area contributed by atoms with Crippen molar-refractivity contribution in [1.29, 1.82) is 0 Å². The van der Waals surface area contributed by atoms with Crippen molar-refractivity contribution in [2.24, 2.45) is 11.1 Å². The zero-order valence-corrected chi connectivity index (χ0v) is 16.7. The fourth-order valence-corrected chi connectivity index (χ4v) is 2.31. The predicted molar refractivity (Wildman–Crippen MR) is 109 cm³/mol. The summed E-state index contributed by atoms with van der Waals surface area (Å²) in [6.07, 6.45) is 11.8. The van der Waals surface area contributed by atoms with Crippen molar-refractivity contribution in [3.05, 3.63) is 53.2 Å². The Kier molecular flexibility index (Phi) is 10.5. The maximum absolute atomic E-state index is 12.4. The minimum Gasteiger partial charge on any atom is -0.469 e. The number of nitrogens with two attached hydrogens (primary N) is 1. The highest BCUT2D eigenvalue weighted by Crippen LogP contribution is 2.25. The van der Waals surface area contributed by atoms with Crippen molar-refractivity contribution in [2.45, 2.75) is 27.2 Å². The van der Waals surface area contributed by atoms with Gasteiger partial charge in [-0.05, 0) is 38.0 Å². The summed E-state index contributed by atoms with van der Waals surface area (Å²) >= 11 is 0. The Morgan fingerprint density at radius 2 is 1.59 bits per heavy atom. The molecule has 0 saturated heterocycles. The molecule has 0 aliphatic carbocycles. The summed E-state index contributed by atoms with van der Waals surface area (Å²) in [5.41, 5.74) is 8.16. The van der Waals surface area contributed by atoms with Crippen molar-refractivity contribution in [1.82, 2.24) is 0 Å². The minimum atomic E-state index is -0.843. The van der Waals surface area contributed by atoms with Gasteiger partial charge in [0.2, 0.25) is 0 Å². The van der Waals surface area contributed by atoms with E-state index in [9.17, 15) is 9.59 Å². The molecule has 1 aromatic carbocycles. The lowest BCUT2D eigenvalue weighted by Gasteiger charge is -2.20. The average Bonchev–Trinajstić information content (AvgIpc) is 2.67. The molecule has 0 radical (unpaired) electrons. The molecular weight excluding hydrogens is 342 g/mol. The number of hydrogen-bond acceptors (Lipinski definition) is 5. The van der Waals surface area contributed by atoms with Crippen LogP contribution in [0.1, 0.15) is 43.1 Å². The number of carbonyl (C=O) groups excluding carboxylic acids is 2. The van der Waals surface area contributed by atoms with Crippen molar-refractivity contribution in [2.75, 3.05) is 20.8 Å². The van der Waals surface area contributed by atoms with Gasteiger partial charge in [-0.3, -0.25) is 9.59 Å². The minimum absolute atomic E-state index is 0.0900. The molecule has 1 rings (SSSR count). The molecule has 0 aromatic heterocycles.